The van der Waals surface area contributed by atoms with Crippen molar-refractivity contribution in [2.24, 2.45) is 5.10 Å². The average molecular weight is 292 g/mol. The maximum atomic E-state index is 12.7. The Hall–Kier alpha value is -1.71. The van der Waals surface area contributed by atoms with Crippen LogP contribution in [0.1, 0.15) is 63.9 Å². The fourth-order valence-electron chi connectivity index (χ4n) is 2.03. The molecule has 1 N–H and O–H groups in total. The molecule has 4 heteroatoms. The molecule has 0 saturated heterocycles. The summed E-state index contributed by atoms with van der Waals surface area (Å²) >= 11 is 0. The molecule has 116 valence electrons. The van der Waals surface area contributed by atoms with E-state index in [1.54, 1.807) is 12.1 Å². The number of hydrogen-bond donors (Lipinski definition) is 1. The van der Waals surface area contributed by atoms with Crippen molar-refractivity contribution in [3.63, 3.8) is 0 Å². The average Bonchev–Trinajstić information content (AvgIpc) is 2.48. The first-order chi connectivity index (χ1) is 10.2. The first-order valence-corrected chi connectivity index (χ1v) is 7.80. The number of amides is 1. The largest absolute Gasteiger partial charge is 0.273 e. The summed E-state index contributed by atoms with van der Waals surface area (Å²) in [6.07, 6.45) is 10.3. The lowest BCUT2D eigenvalue weighted by molar-refractivity contribution is -0.121. The summed E-state index contributed by atoms with van der Waals surface area (Å²) in [6.45, 7) is 2.21. The SMILES string of the molecule is CCCCCCCCCC(=O)NN=Cc1ccc(F)cc1. The normalized spacial score (nSPS) is 11.0. The molecule has 1 aromatic carbocycles. The van der Waals surface area contributed by atoms with Gasteiger partial charge in [0.1, 0.15) is 5.82 Å². The molecule has 1 amide bonds. The number of rotatable bonds is 10. The molecule has 0 bridgehead atoms. The first-order valence-electron chi connectivity index (χ1n) is 7.80. The zero-order chi connectivity index (χ0) is 15.3. The van der Waals surface area contributed by atoms with Crippen LogP contribution >= 0.6 is 0 Å². The molecule has 0 aliphatic rings. The van der Waals surface area contributed by atoms with E-state index in [1.807, 2.05) is 0 Å². The Morgan fingerprint density at radius 2 is 1.71 bits per heavy atom. The van der Waals surface area contributed by atoms with E-state index in [1.165, 1.54) is 50.5 Å². The molecule has 3 nitrogen and oxygen atoms in total. The van der Waals surface area contributed by atoms with Crippen molar-refractivity contribution in [2.75, 3.05) is 0 Å². The van der Waals surface area contributed by atoms with Gasteiger partial charge in [0.2, 0.25) is 5.91 Å². The van der Waals surface area contributed by atoms with Crippen molar-refractivity contribution < 1.29 is 9.18 Å². The van der Waals surface area contributed by atoms with Gasteiger partial charge in [-0.25, -0.2) is 9.82 Å². The van der Waals surface area contributed by atoms with Crippen LogP contribution in [0.25, 0.3) is 0 Å². The number of nitrogens with one attached hydrogen (secondary N) is 1. The van der Waals surface area contributed by atoms with Gasteiger partial charge in [0.15, 0.2) is 0 Å². The quantitative estimate of drug-likeness (QED) is 0.387. The van der Waals surface area contributed by atoms with Gasteiger partial charge in [0.25, 0.3) is 0 Å². The third-order valence-electron chi connectivity index (χ3n) is 3.28. The third-order valence-corrected chi connectivity index (χ3v) is 3.28. The summed E-state index contributed by atoms with van der Waals surface area (Å²) in [5, 5.41) is 3.86. The lowest BCUT2D eigenvalue weighted by Crippen LogP contribution is -2.16. The number of hydrogen-bond acceptors (Lipinski definition) is 2. The van der Waals surface area contributed by atoms with Crippen LogP contribution < -0.4 is 5.43 Å². The monoisotopic (exact) mass is 292 g/mol. The van der Waals surface area contributed by atoms with Crippen LogP contribution in [0.3, 0.4) is 0 Å². The van der Waals surface area contributed by atoms with Crippen LogP contribution in [0.2, 0.25) is 0 Å². The highest BCUT2D eigenvalue weighted by molar-refractivity contribution is 5.82. The van der Waals surface area contributed by atoms with Crippen molar-refractivity contribution in [2.45, 2.75) is 58.3 Å². The molecule has 0 atom stereocenters. The number of carbonyl (C=O) groups is 1. The summed E-state index contributed by atoms with van der Waals surface area (Å²) in [5.41, 5.74) is 3.25. The van der Waals surface area contributed by atoms with Gasteiger partial charge in [0.05, 0.1) is 6.21 Å². The summed E-state index contributed by atoms with van der Waals surface area (Å²) in [4.78, 5) is 11.5. The Morgan fingerprint density at radius 3 is 2.38 bits per heavy atom. The van der Waals surface area contributed by atoms with E-state index in [0.717, 1.165) is 18.4 Å². The van der Waals surface area contributed by atoms with Crippen molar-refractivity contribution >= 4 is 12.1 Å². The van der Waals surface area contributed by atoms with Gasteiger partial charge in [-0.15, -0.1) is 0 Å². The molecule has 0 aliphatic carbocycles. The first kappa shape index (κ1) is 17.3. The van der Waals surface area contributed by atoms with Gasteiger partial charge in [-0.2, -0.15) is 5.10 Å². The van der Waals surface area contributed by atoms with Crippen LogP contribution in [0, 0.1) is 5.82 Å². The zero-order valence-corrected chi connectivity index (χ0v) is 12.8. The van der Waals surface area contributed by atoms with E-state index in [0.29, 0.717) is 6.42 Å². The van der Waals surface area contributed by atoms with Crippen LogP contribution in [0.5, 0.6) is 0 Å². The molecule has 0 heterocycles. The molecule has 1 rings (SSSR count). The second-order valence-electron chi connectivity index (χ2n) is 5.22. The molecular weight excluding hydrogens is 267 g/mol. The van der Waals surface area contributed by atoms with Crippen LogP contribution in [0.4, 0.5) is 4.39 Å². The van der Waals surface area contributed by atoms with Gasteiger partial charge >= 0.3 is 0 Å². The molecule has 21 heavy (non-hydrogen) atoms. The molecular formula is C17H25FN2O. The number of nitrogens with zero attached hydrogens (tertiary/aromatic N) is 1. The number of benzene rings is 1. The predicted octanol–water partition coefficient (Wildman–Crippen LogP) is 4.42. The highest BCUT2D eigenvalue weighted by atomic mass is 19.1. The Kier molecular flexibility index (Phi) is 9.09. The topological polar surface area (TPSA) is 41.5 Å². The Balaban J connectivity index is 2.07. The van der Waals surface area contributed by atoms with Crippen molar-refractivity contribution in [3.8, 4) is 0 Å². The van der Waals surface area contributed by atoms with Crippen molar-refractivity contribution in [1.29, 1.82) is 0 Å². The van der Waals surface area contributed by atoms with Crippen molar-refractivity contribution in [3.05, 3.63) is 35.6 Å². The maximum absolute atomic E-state index is 12.7. The highest BCUT2D eigenvalue weighted by Crippen LogP contribution is 2.08. The van der Waals surface area contributed by atoms with Gasteiger partial charge < -0.3 is 0 Å². The number of carbonyl (C=O) groups excluding carboxylic acids is 1. The second-order valence-corrected chi connectivity index (χ2v) is 5.22. The molecule has 1 aromatic rings. The lowest BCUT2D eigenvalue weighted by atomic mass is 10.1. The third kappa shape index (κ3) is 8.95. The van der Waals surface area contributed by atoms with Gasteiger partial charge in [0, 0.05) is 6.42 Å². The van der Waals surface area contributed by atoms with Gasteiger partial charge in [-0.3, -0.25) is 4.79 Å². The van der Waals surface area contributed by atoms with Crippen LogP contribution in [-0.2, 0) is 4.79 Å². The molecule has 0 aromatic heterocycles. The molecule has 0 radical (unpaired) electrons. The molecule has 0 aliphatic heterocycles. The minimum atomic E-state index is -0.282. The number of halogens is 1. The number of hydrazone groups is 1. The summed E-state index contributed by atoms with van der Waals surface area (Å²) in [7, 11) is 0. The molecule has 0 unspecified atom stereocenters. The summed E-state index contributed by atoms with van der Waals surface area (Å²) < 4.78 is 12.7. The molecule has 0 spiro atoms. The van der Waals surface area contributed by atoms with E-state index in [2.05, 4.69) is 17.5 Å². The Labute approximate surface area is 126 Å². The molecule has 0 fully saturated rings. The fourth-order valence-corrected chi connectivity index (χ4v) is 2.03. The van der Waals surface area contributed by atoms with E-state index >= 15 is 0 Å². The predicted molar refractivity (Wildman–Crippen MR) is 84.7 cm³/mol. The Bertz CT molecular complexity index is 429. The zero-order valence-electron chi connectivity index (χ0n) is 12.8. The Morgan fingerprint density at radius 1 is 1.10 bits per heavy atom. The van der Waals surface area contributed by atoms with Gasteiger partial charge in [-0.05, 0) is 24.1 Å². The minimum absolute atomic E-state index is 0.0677. The fraction of sp³-hybridized carbons (Fsp3) is 0.529. The van der Waals surface area contributed by atoms with E-state index in [-0.39, 0.29) is 11.7 Å². The smallest absolute Gasteiger partial charge is 0.240 e. The van der Waals surface area contributed by atoms with E-state index < -0.39 is 0 Å². The second kappa shape index (κ2) is 11.0. The summed E-state index contributed by atoms with van der Waals surface area (Å²) in [5.74, 6) is -0.350. The summed E-state index contributed by atoms with van der Waals surface area (Å²) in [6, 6.07) is 5.95. The minimum Gasteiger partial charge on any atom is -0.273 e. The molecule has 0 saturated carbocycles. The number of unbranched alkanes of at least 4 members (excludes halogenated alkanes) is 6. The van der Waals surface area contributed by atoms with Crippen molar-refractivity contribution in [1.82, 2.24) is 5.43 Å². The van der Waals surface area contributed by atoms with E-state index in [4.69, 9.17) is 0 Å². The highest BCUT2D eigenvalue weighted by Gasteiger charge is 1.99. The lowest BCUT2D eigenvalue weighted by Gasteiger charge is -2.01. The van der Waals surface area contributed by atoms with Crippen LogP contribution in [-0.4, -0.2) is 12.1 Å². The van der Waals surface area contributed by atoms with E-state index in [9.17, 15) is 9.18 Å². The maximum Gasteiger partial charge on any atom is 0.240 e. The van der Waals surface area contributed by atoms with Crippen LogP contribution in [0.15, 0.2) is 29.4 Å². The standard InChI is InChI=1S/C17H25FN2O/c1-2-3-4-5-6-7-8-9-17(21)20-19-14-15-10-12-16(18)13-11-15/h10-14H,2-9H2,1H3,(H,20,21). The van der Waals surface area contributed by atoms with Gasteiger partial charge in [-0.1, -0.05) is 57.6 Å².